The second kappa shape index (κ2) is 6.60. The highest BCUT2D eigenvalue weighted by molar-refractivity contribution is 5.34. The van der Waals surface area contributed by atoms with E-state index in [0.717, 1.165) is 18.3 Å². The third-order valence-corrected chi connectivity index (χ3v) is 3.55. The molecule has 0 radical (unpaired) electrons. The SMILES string of the molecule is CCNCC1CCC(Nc2ccccn2)CC1. The lowest BCUT2D eigenvalue weighted by atomic mass is 9.86. The van der Waals surface area contributed by atoms with Gasteiger partial charge in [0.1, 0.15) is 5.82 Å². The summed E-state index contributed by atoms with van der Waals surface area (Å²) in [6, 6.07) is 6.65. The summed E-state index contributed by atoms with van der Waals surface area (Å²) in [6.45, 7) is 4.45. The summed E-state index contributed by atoms with van der Waals surface area (Å²) in [4.78, 5) is 4.32. The third-order valence-electron chi connectivity index (χ3n) is 3.55. The first-order valence-electron chi connectivity index (χ1n) is 6.76. The van der Waals surface area contributed by atoms with Gasteiger partial charge in [-0.25, -0.2) is 4.98 Å². The van der Waals surface area contributed by atoms with Crippen molar-refractivity contribution < 1.29 is 0 Å². The molecule has 0 spiro atoms. The lowest BCUT2D eigenvalue weighted by molar-refractivity contribution is 0.326. The highest BCUT2D eigenvalue weighted by atomic mass is 15.0. The maximum Gasteiger partial charge on any atom is 0.126 e. The number of rotatable bonds is 5. The zero-order valence-corrected chi connectivity index (χ0v) is 10.7. The normalized spacial score (nSPS) is 24.5. The fraction of sp³-hybridized carbons (Fsp3) is 0.643. The Labute approximate surface area is 104 Å². The Kier molecular flexibility index (Phi) is 4.80. The van der Waals surface area contributed by atoms with E-state index in [1.54, 1.807) is 0 Å². The van der Waals surface area contributed by atoms with Crippen LogP contribution in [0.1, 0.15) is 32.6 Å². The largest absolute Gasteiger partial charge is 0.367 e. The van der Waals surface area contributed by atoms with Crippen LogP contribution in [0.15, 0.2) is 24.4 Å². The van der Waals surface area contributed by atoms with Gasteiger partial charge < -0.3 is 10.6 Å². The maximum absolute atomic E-state index is 4.32. The molecule has 1 aliphatic rings. The maximum atomic E-state index is 4.32. The number of pyridine rings is 1. The molecule has 1 saturated carbocycles. The molecular weight excluding hydrogens is 210 g/mol. The molecule has 1 fully saturated rings. The molecule has 94 valence electrons. The molecule has 1 aliphatic carbocycles. The van der Waals surface area contributed by atoms with Crippen LogP contribution in [0.3, 0.4) is 0 Å². The summed E-state index contributed by atoms with van der Waals surface area (Å²) in [7, 11) is 0. The molecule has 0 bridgehead atoms. The smallest absolute Gasteiger partial charge is 0.126 e. The van der Waals surface area contributed by atoms with Crippen LogP contribution in [0.4, 0.5) is 5.82 Å². The van der Waals surface area contributed by atoms with Gasteiger partial charge in [-0.15, -0.1) is 0 Å². The topological polar surface area (TPSA) is 37.0 Å². The standard InChI is InChI=1S/C14H23N3/c1-2-15-11-12-6-8-13(9-7-12)17-14-5-3-4-10-16-14/h3-5,10,12-13,15H,2,6-9,11H2,1H3,(H,16,17). The van der Waals surface area contributed by atoms with Crippen molar-refractivity contribution in [2.24, 2.45) is 5.92 Å². The van der Waals surface area contributed by atoms with Crippen molar-refractivity contribution in [3.8, 4) is 0 Å². The molecule has 2 rings (SSSR count). The van der Waals surface area contributed by atoms with Crippen molar-refractivity contribution in [2.45, 2.75) is 38.6 Å². The van der Waals surface area contributed by atoms with Gasteiger partial charge in [-0.05, 0) is 56.8 Å². The van der Waals surface area contributed by atoms with E-state index in [1.807, 2.05) is 24.4 Å². The van der Waals surface area contributed by atoms with Gasteiger partial charge in [-0.2, -0.15) is 0 Å². The van der Waals surface area contributed by atoms with Gasteiger partial charge in [0.2, 0.25) is 0 Å². The minimum atomic E-state index is 0.614. The van der Waals surface area contributed by atoms with Gasteiger partial charge in [-0.1, -0.05) is 13.0 Å². The van der Waals surface area contributed by atoms with Gasteiger partial charge in [0.25, 0.3) is 0 Å². The predicted molar refractivity (Wildman–Crippen MR) is 72.1 cm³/mol. The second-order valence-corrected chi connectivity index (χ2v) is 4.88. The average Bonchev–Trinajstić information content (AvgIpc) is 2.39. The summed E-state index contributed by atoms with van der Waals surface area (Å²) < 4.78 is 0. The Morgan fingerprint density at radius 2 is 2.06 bits per heavy atom. The van der Waals surface area contributed by atoms with E-state index in [1.165, 1.54) is 32.2 Å². The molecule has 0 aliphatic heterocycles. The number of hydrogen-bond donors (Lipinski definition) is 2. The molecule has 1 aromatic heterocycles. The molecule has 3 nitrogen and oxygen atoms in total. The van der Waals surface area contributed by atoms with Gasteiger partial charge in [0.05, 0.1) is 0 Å². The zero-order valence-electron chi connectivity index (χ0n) is 10.7. The van der Waals surface area contributed by atoms with Crippen LogP contribution >= 0.6 is 0 Å². The van der Waals surface area contributed by atoms with Crippen LogP contribution in [0.25, 0.3) is 0 Å². The molecule has 0 unspecified atom stereocenters. The fourth-order valence-corrected chi connectivity index (χ4v) is 2.52. The molecule has 0 amide bonds. The quantitative estimate of drug-likeness (QED) is 0.821. The third kappa shape index (κ3) is 4.00. The van der Waals surface area contributed by atoms with Crippen molar-refractivity contribution in [3.63, 3.8) is 0 Å². The molecule has 17 heavy (non-hydrogen) atoms. The van der Waals surface area contributed by atoms with E-state index < -0.39 is 0 Å². The van der Waals surface area contributed by atoms with E-state index in [4.69, 9.17) is 0 Å². The molecular formula is C14H23N3. The summed E-state index contributed by atoms with van der Waals surface area (Å²) >= 11 is 0. The number of anilines is 1. The highest BCUT2D eigenvalue weighted by Crippen LogP contribution is 2.25. The van der Waals surface area contributed by atoms with Crippen molar-refractivity contribution >= 4 is 5.82 Å². The van der Waals surface area contributed by atoms with E-state index in [2.05, 4.69) is 22.5 Å². The van der Waals surface area contributed by atoms with Gasteiger partial charge in [0, 0.05) is 12.2 Å². The number of nitrogens with zero attached hydrogens (tertiary/aromatic N) is 1. The first kappa shape index (κ1) is 12.4. The second-order valence-electron chi connectivity index (χ2n) is 4.88. The van der Waals surface area contributed by atoms with Crippen molar-refractivity contribution in [3.05, 3.63) is 24.4 Å². The zero-order chi connectivity index (χ0) is 11.9. The predicted octanol–water partition coefficient (Wildman–Crippen LogP) is 2.66. The lowest BCUT2D eigenvalue weighted by Crippen LogP contribution is -2.31. The number of hydrogen-bond acceptors (Lipinski definition) is 3. The minimum Gasteiger partial charge on any atom is -0.367 e. The molecule has 0 saturated heterocycles. The molecule has 0 aromatic carbocycles. The summed E-state index contributed by atoms with van der Waals surface area (Å²) in [6.07, 6.45) is 7.05. The van der Waals surface area contributed by atoms with Gasteiger partial charge in [0.15, 0.2) is 0 Å². The first-order valence-corrected chi connectivity index (χ1v) is 6.76. The Hall–Kier alpha value is -1.09. The van der Waals surface area contributed by atoms with E-state index in [9.17, 15) is 0 Å². The lowest BCUT2D eigenvalue weighted by Gasteiger charge is -2.29. The summed E-state index contributed by atoms with van der Waals surface area (Å²) in [5, 5.41) is 6.98. The monoisotopic (exact) mass is 233 g/mol. The van der Waals surface area contributed by atoms with Gasteiger partial charge >= 0.3 is 0 Å². The van der Waals surface area contributed by atoms with E-state index in [-0.39, 0.29) is 0 Å². The van der Waals surface area contributed by atoms with Crippen LogP contribution in [0, 0.1) is 5.92 Å². The number of aromatic nitrogens is 1. The van der Waals surface area contributed by atoms with Crippen LogP contribution in [-0.2, 0) is 0 Å². The fourth-order valence-electron chi connectivity index (χ4n) is 2.52. The Morgan fingerprint density at radius 3 is 2.71 bits per heavy atom. The van der Waals surface area contributed by atoms with E-state index >= 15 is 0 Å². The van der Waals surface area contributed by atoms with Crippen molar-refractivity contribution in [1.29, 1.82) is 0 Å². The average molecular weight is 233 g/mol. The summed E-state index contributed by atoms with van der Waals surface area (Å²) in [5.74, 6) is 1.89. The van der Waals surface area contributed by atoms with Crippen LogP contribution in [-0.4, -0.2) is 24.1 Å². The van der Waals surface area contributed by atoms with Crippen molar-refractivity contribution in [2.75, 3.05) is 18.4 Å². The molecule has 1 heterocycles. The highest BCUT2D eigenvalue weighted by Gasteiger charge is 2.20. The first-order chi connectivity index (χ1) is 8.38. The Bertz CT molecular complexity index is 305. The minimum absolute atomic E-state index is 0.614. The molecule has 2 N–H and O–H groups in total. The van der Waals surface area contributed by atoms with E-state index in [0.29, 0.717) is 6.04 Å². The van der Waals surface area contributed by atoms with Crippen LogP contribution < -0.4 is 10.6 Å². The summed E-state index contributed by atoms with van der Waals surface area (Å²) in [5.41, 5.74) is 0. The van der Waals surface area contributed by atoms with Gasteiger partial charge in [-0.3, -0.25) is 0 Å². The molecule has 0 atom stereocenters. The van der Waals surface area contributed by atoms with Crippen LogP contribution in [0.2, 0.25) is 0 Å². The molecule has 3 heteroatoms. The van der Waals surface area contributed by atoms with Crippen molar-refractivity contribution in [1.82, 2.24) is 10.3 Å². The Morgan fingerprint density at radius 1 is 1.24 bits per heavy atom. The number of nitrogens with one attached hydrogen (secondary N) is 2. The van der Waals surface area contributed by atoms with Crippen LogP contribution in [0.5, 0.6) is 0 Å². The Balaban J connectivity index is 1.72. The molecule has 1 aromatic rings.